The summed E-state index contributed by atoms with van der Waals surface area (Å²) in [6.07, 6.45) is 3.56. The van der Waals surface area contributed by atoms with Gasteiger partial charge in [0, 0.05) is 41.2 Å². The Bertz CT molecular complexity index is 1450. The third-order valence-corrected chi connectivity index (χ3v) is 14.6. The van der Waals surface area contributed by atoms with Gasteiger partial charge in [-0.15, -0.1) is 0 Å². The SMILES string of the molecule is CN[C@H](Cc1ccccc1CO)[C@@H]1C[C@@H]2C[C@@]3(O)[C@](C)(CC[C@H]4[C@@]3(O)CC[C@]3(O)C[C@@H](O)CC[C@]43C=O)[C@@]2(CO)C2=CC(=O)O[C@H]21. The zero-order chi connectivity index (χ0) is 32.9. The standard InChI is InChI=1S/C36H49NO9/c1-31-9-8-28-32(19-39)10-7-24(41)17-33(32,43)11-12-35(28,44)36(31,45)16-23-14-25(30-26(15-29(42)46-30)34(23,31)20-40)27(37-2)13-21-5-3-4-6-22(21)18-38/h3-6,15,19,23-25,27-28,30,37-38,40-41,43-45H,7-14,16-18,20H2,1-2H3/t23-,24+,25+,27-,28-,30+,31-,32+,33+,34-,35+,36-/m1/s1. The number of carbonyl (C=O) groups excluding carboxylic acids is 2. The molecule has 0 spiro atoms. The van der Waals surface area contributed by atoms with Gasteiger partial charge in [-0.3, -0.25) is 0 Å². The molecule has 0 radical (unpaired) electrons. The average molecular weight is 640 g/mol. The van der Waals surface area contributed by atoms with Gasteiger partial charge in [-0.2, -0.15) is 0 Å². The van der Waals surface area contributed by atoms with E-state index in [2.05, 4.69) is 5.32 Å². The van der Waals surface area contributed by atoms with E-state index in [4.69, 9.17) is 4.74 Å². The molecule has 1 heterocycles. The Morgan fingerprint density at radius 1 is 1.04 bits per heavy atom. The maximum absolute atomic E-state index is 13.2. The first kappa shape index (κ1) is 32.4. The van der Waals surface area contributed by atoms with Crippen LogP contribution in [0.2, 0.25) is 0 Å². The van der Waals surface area contributed by atoms with Crippen LogP contribution in [0.4, 0.5) is 0 Å². The number of carbonyl (C=O) groups is 2. The molecule has 7 rings (SSSR count). The predicted molar refractivity (Wildman–Crippen MR) is 166 cm³/mol. The molecule has 46 heavy (non-hydrogen) atoms. The van der Waals surface area contributed by atoms with Gasteiger partial charge in [-0.25, -0.2) is 4.79 Å². The van der Waals surface area contributed by atoms with Crippen molar-refractivity contribution in [3.05, 3.63) is 47.0 Å². The van der Waals surface area contributed by atoms with Crippen molar-refractivity contribution in [2.45, 2.75) is 113 Å². The van der Waals surface area contributed by atoms with Gasteiger partial charge in [0.2, 0.25) is 0 Å². The van der Waals surface area contributed by atoms with Crippen molar-refractivity contribution in [1.29, 1.82) is 0 Å². The lowest BCUT2D eigenvalue weighted by Crippen LogP contribution is -2.78. The normalized spacial score (nSPS) is 48.2. The lowest BCUT2D eigenvalue weighted by Gasteiger charge is -2.69. The fraction of sp³-hybridized carbons (Fsp3) is 0.722. The molecule has 12 atom stereocenters. The van der Waals surface area contributed by atoms with Crippen LogP contribution < -0.4 is 5.32 Å². The summed E-state index contributed by atoms with van der Waals surface area (Å²) in [5, 5.41) is 73.3. The van der Waals surface area contributed by atoms with Crippen molar-refractivity contribution in [1.82, 2.24) is 5.32 Å². The zero-order valence-corrected chi connectivity index (χ0v) is 26.8. The molecule has 10 nitrogen and oxygen atoms in total. The van der Waals surface area contributed by atoms with Crippen molar-refractivity contribution >= 4 is 12.3 Å². The molecule has 252 valence electrons. The monoisotopic (exact) mass is 639 g/mol. The Hall–Kier alpha value is -2.18. The van der Waals surface area contributed by atoms with Crippen LogP contribution >= 0.6 is 0 Å². The maximum Gasteiger partial charge on any atom is 0.331 e. The number of esters is 1. The predicted octanol–water partition coefficient (Wildman–Crippen LogP) is 1.31. The number of hydrogen-bond acceptors (Lipinski definition) is 10. The van der Waals surface area contributed by atoms with E-state index < -0.39 is 57.1 Å². The number of rotatable bonds is 7. The van der Waals surface area contributed by atoms with E-state index in [0.29, 0.717) is 37.7 Å². The fourth-order valence-electron chi connectivity index (χ4n) is 12.3. The molecular weight excluding hydrogens is 590 g/mol. The molecule has 0 unspecified atom stereocenters. The third-order valence-electron chi connectivity index (χ3n) is 14.6. The van der Waals surface area contributed by atoms with Crippen molar-refractivity contribution in [3.63, 3.8) is 0 Å². The van der Waals surface area contributed by atoms with Crippen LogP contribution in [0.3, 0.4) is 0 Å². The first-order chi connectivity index (χ1) is 21.8. The molecule has 0 aromatic heterocycles. The van der Waals surface area contributed by atoms with Gasteiger partial charge in [0.05, 0.1) is 35.9 Å². The summed E-state index contributed by atoms with van der Waals surface area (Å²) < 4.78 is 6.03. The van der Waals surface area contributed by atoms with Crippen LogP contribution in [0, 0.1) is 34.0 Å². The number of ether oxygens (including phenoxy) is 1. The summed E-state index contributed by atoms with van der Waals surface area (Å²) in [6.45, 7) is 1.48. The lowest BCUT2D eigenvalue weighted by atomic mass is 9.38. The number of aldehydes is 1. The van der Waals surface area contributed by atoms with Gasteiger partial charge in [-0.05, 0) is 87.5 Å². The molecule has 0 bridgehead atoms. The smallest absolute Gasteiger partial charge is 0.331 e. The minimum atomic E-state index is -1.74. The summed E-state index contributed by atoms with van der Waals surface area (Å²) >= 11 is 0. The van der Waals surface area contributed by atoms with Gasteiger partial charge in [-0.1, -0.05) is 31.2 Å². The van der Waals surface area contributed by atoms with Crippen LogP contribution in [0.25, 0.3) is 0 Å². The van der Waals surface area contributed by atoms with Crippen LogP contribution in [0.5, 0.6) is 0 Å². The summed E-state index contributed by atoms with van der Waals surface area (Å²) in [4.78, 5) is 26.1. The highest BCUT2D eigenvalue weighted by molar-refractivity contribution is 5.86. The largest absolute Gasteiger partial charge is 0.454 e. The van der Waals surface area contributed by atoms with Crippen LogP contribution in [0.15, 0.2) is 35.9 Å². The summed E-state index contributed by atoms with van der Waals surface area (Å²) in [5.41, 5.74) is -5.94. The number of hydrogen-bond donors (Lipinski definition) is 7. The van der Waals surface area contributed by atoms with Gasteiger partial charge in [0.1, 0.15) is 18.0 Å². The van der Waals surface area contributed by atoms with E-state index in [1.165, 1.54) is 6.08 Å². The van der Waals surface area contributed by atoms with E-state index in [9.17, 15) is 40.2 Å². The molecule has 5 fully saturated rings. The molecule has 1 aromatic carbocycles. The first-order valence-corrected chi connectivity index (χ1v) is 17.0. The molecule has 7 N–H and O–H groups in total. The Morgan fingerprint density at radius 3 is 2.46 bits per heavy atom. The Balaban J connectivity index is 1.31. The van der Waals surface area contributed by atoms with Crippen molar-refractivity contribution in [3.8, 4) is 0 Å². The number of nitrogens with one attached hydrogen (secondary N) is 1. The van der Waals surface area contributed by atoms with Gasteiger partial charge in [0.15, 0.2) is 0 Å². The third kappa shape index (κ3) is 3.78. The highest BCUT2D eigenvalue weighted by atomic mass is 16.5. The van der Waals surface area contributed by atoms with Crippen LogP contribution in [-0.4, -0.2) is 91.6 Å². The summed E-state index contributed by atoms with van der Waals surface area (Å²) in [7, 11) is 1.86. The Kier molecular flexibility index (Phi) is 7.50. The van der Waals surface area contributed by atoms with E-state index in [-0.39, 0.29) is 63.2 Å². The molecule has 10 heteroatoms. The summed E-state index contributed by atoms with van der Waals surface area (Å²) in [5.74, 6) is -1.75. The molecule has 5 saturated carbocycles. The maximum atomic E-state index is 13.2. The molecule has 0 amide bonds. The van der Waals surface area contributed by atoms with Crippen molar-refractivity contribution < 1.29 is 45.0 Å². The van der Waals surface area contributed by atoms with E-state index in [0.717, 1.165) is 17.4 Å². The van der Waals surface area contributed by atoms with E-state index in [1.54, 1.807) is 0 Å². The molecule has 0 saturated heterocycles. The van der Waals surface area contributed by atoms with Crippen molar-refractivity contribution in [2.24, 2.45) is 34.0 Å². The van der Waals surface area contributed by atoms with Crippen molar-refractivity contribution in [2.75, 3.05) is 13.7 Å². The zero-order valence-electron chi connectivity index (χ0n) is 26.8. The van der Waals surface area contributed by atoms with E-state index >= 15 is 0 Å². The minimum Gasteiger partial charge on any atom is -0.454 e. The van der Waals surface area contributed by atoms with Gasteiger partial charge >= 0.3 is 5.97 Å². The fourth-order valence-corrected chi connectivity index (χ4v) is 12.3. The Morgan fingerprint density at radius 2 is 1.78 bits per heavy atom. The number of benzene rings is 1. The number of aliphatic hydroxyl groups excluding tert-OH is 3. The molecule has 1 aromatic rings. The van der Waals surface area contributed by atoms with E-state index in [1.807, 2.05) is 38.2 Å². The number of fused-ring (bicyclic) bond motifs is 9. The number of likely N-dealkylation sites (N-methyl/N-ethyl adjacent to an activating group) is 1. The lowest BCUT2D eigenvalue weighted by molar-refractivity contribution is -0.321. The van der Waals surface area contributed by atoms with Gasteiger partial charge in [0.25, 0.3) is 0 Å². The number of aliphatic hydroxyl groups is 6. The molecule has 5 aliphatic carbocycles. The van der Waals surface area contributed by atoms with Crippen LogP contribution in [-0.2, 0) is 27.4 Å². The molecule has 1 aliphatic heterocycles. The minimum absolute atomic E-state index is 0.0508. The van der Waals surface area contributed by atoms with Gasteiger partial charge < -0.3 is 45.5 Å². The second kappa shape index (κ2) is 10.7. The molecule has 6 aliphatic rings. The first-order valence-electron chi connectivity index (χ1n) is 17.0. The molecular formula is C36H49NO9. The van der Waals surface area contributed by atoms with Crippen LogP contribution in [0.1, 0.15) is 75.8 Å². The highest BCUT2D eigenvalue weighted by Crippen LogP contribution is 2.78. The Labute approximate surface area is 269 Å². The highest BCUT2D eigenvalue weighted by Gasteiger charge is 2.83. The second-order valence-corrected chi connectivity index (χ2v) is 15.7. The second-order valence-electron chi connectivity index (χ2n) is 15.7. The average Bonchev–Trinajstić information content (AvgIpc) is 3.53. The quantitative estimate of drug-likeness (QED) is 0.170. The summed E-state index contributed by atoms with van der Waals surface area (Å²) in [6, 6.07) is 7.52. The topological polar surface area (TPSA) is 177 Å².